The van der Waals surface area contributed by atoms with Gasteiger partial charge in [0.1, 0.15) is 11.5 Å². The van der Waals surface area contributed by atoms with Crippen molar-refractivity contribution in [2.75, 3.05) is 7.11 Å². The summed E-state index contributed by atoms with van der Waals surface area (Å²) < 4.78 is 10.3. The van der Waals surface area contributed by atoms with Gasteiger partial charge in [-0.05, 0) is 13.0 Å². The van der Waals surface area contributed by atoms with Crippen molar-refractivity contribution in [3.8, 4) is 5.75 Å². The van der Waals surface area contributed by atoms with Crippen molar-refractivity contribution in [3.63, 3.8) is 0 Å². The van der Waals surface area contributed by atoms with Gasteiger partial charge < -0.3 is 14.6 Å². The van der Waals surface area contributed by atoms with Crippen LogP contribution in [-0.4, -0.2) is 12.3 Å². The van der Waals surface area contributed by atoms with Crippen molar-refractivity contribution in [1.29, 1.82) is 0 Å². The number of hydrogen-bond acceptors (Lipinski definition) is 4. The Hall–Kier alpha value is -1.81. The van der Waals surface area contributed by atoms with Crippen LogP contribution in [0.15, 0.2) is 34.9 Å². The van der Waals surface area contributed by atoms with Crippen LogP contribution in [0.3, 0.4) is 0 Å². The van der Waals surface area contributed by atoms with Crippen molar-refractivity contribution < 1.29 is 9.26 Å². The Morgan fingerprint density at radius 1 is 1.29 bits per heavy atom. The highest BCUT2D eigenvalue weighted by Gasteiger charge is 2.02. The van der Waals surface area contributed by atoms with E-state index in [2.05, 4.69) is 10.5 Å². The first kappa shape index (κ1) is 11.7. The molecule has 0 aliphatic carbocycles. The fraction of sp³-hybridized carbons (Fsp3) is 0.308. The molecule has 2 aromatic rings. The fourth-order valence-electron chi connectivity index (χ4n) is 1.68. The van der Waals surface area contributed by atoms with Gasteiger partial charge in [0.05, 0.1) is 12.8 Å². The minimum Gasteiger partial charge on any atom is -0.496 e. The van der Waals surface area contributed by atoms with Crippen LogP contribution in [0.5, 0.6) is 5.75 Å². The van der Waals surface area contributed by atoms with Gasteiger partial charge in [0.2, 0.25) is 0 Å². The standard InChI is InChI=1S/C13H16N2O2/c1-10-7-12(15-17-10)9-14-8-11-5-3-4-6-13(11)16-2/h3-7,14H,8-9H2,1-2H3. The monoisotopic (exact) mass is 232 g/mol. The van der Waals surface area contributed by atoms with E-state index in [1.807, 2.05) is 37.3 Å². The number of nitrogens with zero attached hydrogens (tertiary/aromatic N) is 1. The van der Waals surface area contributed by atoms with Crippen molar-refractivity contribution in [2.24, 2.45) is 0 Å². The molecule has 0 radical (unpaired) electrons. The Balaban J connectivity index is 1.89. The number of aromatic nitrogens is 1. The summed E-state index contributed by atoms with van der Waals surface area (Å²) in [5, 5.41) is 7.22. The zero-order valence-corrected chi connectivity index (χ0v) is 10.1. The number of aryl methyl sites for hydroxylation is 1. The Morgan fingerprint density at radius 2 is 2.12 bits per heavy atom. The molecule has 17 heavy (non-hydrogen) atoms. The van der Waals surface area contributed by atoms with Crippen molar-refractivity contribution in [3.05, 3.63) is 47.3 Å². The molecule has 0 aliphatic rings. The quantitative estimate of drug-likeness (QED) is 0.859. The van der Waals surface area contributed by atoms with Crippen LogP contribution in [0, 0.1) is 6.92 Å². The fourth-order valence-corrected chi connectivity index (χ4v) is 1.68. The van der Waals surface area contributed by atoms with E-state index < -0.39 is 0 Å². The van der Waals surface area contributed by atoms with E-state index in [1.165, 1.54) is 0 Å². The summed E-state index contributed by atoms with van der Waals surface area (Å²) >= 11 is 0. The highest BCUT2D eigenvalue weighted by molar-refractivity contribution is 5.32. The molecular weight excluding hydrogens is 216 g/mol. The lowest BCUT2D eigenvalue weighted by molar-refractivity contribution is 0.387. The number of nitrogens with one attached hydrogen (secondary N) is 1. The first-order valence-electron chi connectivity index (χ1n) is 5.54. The third-order valence-electron chi connectivity index (χ3n) is 2.49. The van der Waals surface area contributed by atoms with E-state index in [0.29, 0.717) is 6.54 Å². The van der Waals surface area contributed by atoms with Gasteiger partial charge in [-0.15, -0.1) is 0 Å². The lowest BCUT2D eigenvalue weighted by Gasteiger charge is -2.08. The van der Waals surface area contributed by atoms with Gasteiger partial charge in [-0.25, -0.2) is 0 Å². The Bertz CT molecular complexity index is 480. The van der Waals surface area contributed by atoms with Gasteiger partial charge >= 0.3 is 0 Å². The molecule has 0 fully saturated rings. The highest BCUT2D eigenvalue weighted by Crippen LogP contribution is 2.16. The molecule has 0 unspecified atom stereocenters. The summed E-state index contributed by atoms with van der Waals surface area (Å²) in [6.45, 7) is 3.32. The van der Waals surface area contributed by atoms with E-state index in [1.54, 1.807) is 7.11 Å². The van der Waals surface area contributed by atoms with E-state index >= 15 is 0 Å². The van der Waals surface area contributed by atoms with Gasteiger partial charge in [-0.2, -0.15) is 0 Å². The van der Waals surface area contributed by atoms with Crippen LogP contribution in [0.25, 0.3) is 0 Å². The molecule has 1 aromatic heterocycles. The molecule has 4 nitrogen and oxygen atoms in total. The zero-order valence-electron chi connectivity index (χ0n) is 10.1. The molecular formula is C13H16N2O2. The highest BCUT2D eigenvalue weighted by atomic mass is 16.5. The van der Waals surface area contributed by atoms with Gasteiger partial charge in [-0.3, -0.25) is 0 Å². The van der Waals surface area contributed by atoms with Crippen molar-refractivity contribution >= 4 is 0 Å². The molecule has 0 saturated heterocycles. The normalized spacial score (nSPS) is 10.5. The summed E-state index contributed by atoms with van der Waals surface area (Å²) in [6.07, 6.45) is 0. The van der Waals surface area contributed by atoms with Gasteiger partial charge in [0.25, 0.3) is 0 Å². The van der Waals surface area contributed by atoms with Crippen LogP contribution < -0.4 is 10.1 Å². The van der Waals surface area contributed by atoms with Crippen molar-refractivity contribution in [2.45, 2.75) is 20.0 Å². The molecule has 0 spiro atoms. The number of benzene rings is 1. The topological polar surface area (TPSA) is 47.3 Å². The van der Waals surface area contributed by atoms with Gasteiger partial charge in [-0.1, -0.05) is 23.4 Å². The lowest BCUT2D eigenvalue weighted by Crippen LogP contribution is -2.13. The summed E-state index contributed by atoms with van der Waals surface area (Å²) in [5.74, 6) is 1.73. The second-order valence-corrected chi connectivity index (χ2v) is 3.84. The van der Waals surface area contributed by atoms with Crippen LogP contribution in [0.2, 0.25) is 0 Å². The average Bonchev–Trinajstić information content (AvgIpc) is 2.76. The molecule has 1 N–H and O–H groups in total. The summed E-state index contributed by atoms with van der Waals surface area (Å²) in [4.78, 5) is 0. The largest absolute Gasteiger partial charge is 0.496 e. The molecule has 90 valence electrons. The maximum absolute atomic E-state index is 5.28. The molecule has 0 aliphatic heterocycles. The van der Waals surface area contributed by atoms with Crippen LogP contribution in [0.1, 0.15) is 17.0 Å². The lowest BCUT2D eigenvalue weighted by atomic mass is 10.2. The van der Waals surface area contributed by atoms with Crippen molar-refractivity contribution in [1.82, 2.24) is 10.5 Å². The Labute approximate surface area is 101 Å². The van der Waals surface area contributed by atoms with Crippen LogP contribution in [-0.2, 0) is 13.1 Å². The predicted octanol–water partition coefficient (Wildman–Crippen LogP) is 2.28. The van der Waals surface area contributed by atoms with E-state index in [4.69, 9.17) is 9.26 Å². The van der Waals surface area contributed by atoms with E-state index in [-0.39, 0.29) is 0 Å². The van der Waals surface area contributed by atoms with Gasteiger partial charge in [0, 0.05) is 24.7 Å². The Morgan fingerprint density at radius 3 is 2.82 bits per heavy atom. The smallest absolute Gasteiger partial charge is 0.133 e. The maximum Gasteiger partial charge on any atom is 0.133 e. The third kappa shape index (κ3) is 3.07. The summed E-state index contributed by atoms with van der Waals surface area (Å²) in [5.41, 5.74) is 2.05. The molecule has 0 saturated carbocycles. The second kappa shape index (κ2) is 5.50. The molecule has 0 atom stereocenters. The predicted molar refractivity (Wildman–Crippen MR) is 64.8 cm³/mol. The molecule has 0 bridgehead atoms. The summed E-state index contributed by atoms with van der Waals surface area (Å²) in [7, 11) is 1.68. The van der Waals surface area contributed by atoms with E-state index in [0.717, 1.165) is 29.3 Å². The second-order valence-electron chi connectivity index (χ2n) is 3.84. The average molecular weight is 232 g/mol. The minimum absolute atomic E-state index is 0.690. The molecule has 0 amide bonds. The Kier molecular flexibility index (Phi) is 3.77. The molecule has 2 rings (SSSR count). The number of methoxy groups -OCH3 is 1. The van der Waals surface area contributed by atoms with Gasteiger partial charge in [0.15, 0.2) is 0 Å². The first-order valence-corrected chi connectivity index (χ1v) is 5.54. The van der Waals surface area contributed by atoms with E-state index in [9.17, 15) is 0 Å². The van der Waals surface area contributed by atoms with Crippen LogP contribution >= 0.6 is 0 Å². The SMILES string of the molecule is COc1ccccc1CNCc1cc(C)on1. The molecule has 1 heterocycles. The minimum atomic E-state index is 0.690. The number of para-hydroxylation sites is 1. The maximum atomic E-state index is 5.28. The first-order chi connectivity index (χ1) is 8.29. The van der Waals surface area contributed by atoms with Crippen LogP contribution in [0.4, 0.5) is 0 Å². The zero-order chi connectivity index (χ0) is 12.1. The number of ether oxygens (including phenoxy) is 1. The summed E-state index contributed by atoms with van der Waals surface area (Å²) in [6, 6.07) is 9.88. The third-order valence-corrected chi connectivity index (χ3v) is 2.49. The molecule has 4 heteroatoms. The number of rotatable bonds is 5. The molecule has 1 aromatic carbocycles. The number of hydrogen-bond donors (Lipinski definition) is 1.